The maximum absolute atomic E-state index is 5.93. The highest BCUT2D eigenvalue weighted by Gasteiger charge is 2.13. The summed E-state index contributed by atoms with van der Waals surface area (Å²) >= 11 is 5.93. The van der Waals surface area contributed by atoms with Gasteiger partial charge in [0.15, 0.2) is 0 Å². The second-order valence-electron chi connectivity index (χ2n) is 4.28. The predicted molar refractivity (Wildman–Crippen MR) is 88.8 cm³/mol. The monoisotopic (exact) mass is 415 g/mol. The fourth-order valence-electron chi connectivity index (χ4n) is 2.03. The first-order valence-electron chi connectivity index (χ1n) is 5.89. The van der Waals surface area contributed by atoms with E-state index in [0.29, 0.717) is 12.5 Å². The van der Waals surface area contributed by atoms with Crippen LogP contribution < -0.4 is 5.73 Å². The van der Waals surface area contributed by atoms with Gasteiger partial charge in [-0.15, -0.1) is 0 Å². The number of hydrogen-bond donors (Lipinski definition) is 1. The molecule has 0 aromatic heterocycles. The Morgan fingerprint density at radius 1 is 1.06 bits per heavy atom. The van der Waals surface area contributed by atoms with Gasteiger partial charge < -0.3 is 5.73 Å². The van der Waals surface area contributed by atoms with Gasteiger partial charge in [-0.05, 0) is 64.9 Å². The molecule has 94 valence electrons. The average Bonchev–Trinajstić information content (AvgIpc) is 2.39. The molecule has 0 saturated carbocycles. The second kappa shape index (κ2) is 6.68. The molecule has 3 heteroatoms. The van der Waals surface area contributed by atoms with Gasteiger partial charge in [-0.25, -0.2) is 0 Å². The topological polar surface area (TPSA) is 26.0 Å². The molecule has 0 bridgehead atoms. The van der Waals surface area contributed by atoms with Gasteiger partial charge in [0.2, 0.25) is 0 Å². The van der Waals surface area contributed by atoms with E-state index in [4.69, 9.17) is 5.73 Å². The highest BCUT2D eigenvalue weighted by molar-refractivity contribution is 14.1. The molecule has 2 N–H and O–H groups in total. The fourth-order valence-corrected chi connectivity index (χ4v) is 3.00. The highest BCUT2D eigenvalue weighted by Crippen LogP contribution is 2.27. The molecule has 1 atom stereocenters. The molecule has 2 aromatic carbocycles. The summed E-state index contributed by atoms with van der Waals surface area (Å²) in [4.78, 5) is 0. The molecule has 18 heavy (non-hydrogen) atoms. The number of halogens is 2. The fraction of sp³-hybridized carbons (Fsp3) is 0.200. The minimum atomic E-state index is 0.362. The zero-order valence-electron chi connectivity index (χ0n) is 9.94. The van der Waals surface area contributed by atoms with Crippen molar-refractivity contribution in [1.82, 2.24) is 0 Å². The van der Waals surface area contributed by atoms with E-state index in [9.17, 15) is 0 Å². The average molecular weight is 416 g/mol. The first kappa shape index (κ1) is 14.0. The molecule has 0 fully saturated rings. The predicted octanol–water partition coefficient (Wildman–Crippen LogP) is 4.34. The van der Waals surface area contributed by atoms with Crippen molar-refractivity contribution in [2.24, 2.45) is 5.73 Å². The molecular formula is C15H15BrIN. The molecular weight excluding hydrogens is 401 g/mol. The zero-order valence-corrected chi connectivity index (χ0v) is 13.7. The van der Waals surface area contributed by atoms with Crippen molar-refractivity contribution >= 4 is 38.5 Å². The summed E-state index contributed by atoms with van der Waals surface area (Å²) in [6.07, 6.45) is 0.982. The van der Waals surface area contributed by atoms with E-state index in [1.54, 1.807) is 0 Å². The number of nitrogens with two attached hydrogens (primary N) is 1. The number of benzene rings is 2. The quantitative estimate of drug-likeness (QED) is 0.738. The summed E-state index contributed by atoms with van der Waals surface area (Å²) < 4.78 is 2.41. The second-order valence-corrected chi connectivity index (χ2v) is 6.38. The maximum Gasteiger partial charge on any atom is 0.0210 e. The molecule has 0 radical (unpaired) electrons. The molecule has 0 aliphatic carbocycles. The Morgan fingerprint density at radius 2 is 1.72 bits per heavy atom. The summed E-state index contributed by atoms with van der Waals surface area (Å²) in [6, 6.07) is 17.0. The lowest BCUT2D eigenvalue weighted by Crippen LogP contribution is -2.15. The number of rotatable bonds is 4. The van der Waals surface area contributed by atoms with Crippen LogP contribution in [0.15, 0.2) is 53.0 Å². The smallest absolute Gasteiger partial charge is 0.0210 e. The van der Waals surface area contributed by atoms with E-state index < -0.39 is 0 Å². The molecule has 0 saturated heterocycles. The van der Waals surface area contributed by atoms with Gasteiger partial charge in [0.25, 0.3) is 0 Å². The van der Waals surface area contributed by atoms with Crippen molar-refractivity contribution in [1.29, 1.82) is 0 Å². The Balaban J connectivity index is 2.20. The van der Waals surface area contributed by atoms with E-state index in [1.807, 2.05) is 6.07 Å². The van der Waals surface area contributed by atoms with Crippen LogP contribution in [0.1, 0.15) is 17.0 Å². The molecule has 0 heterocycles. The third kappa shape index (κ3) is 3.56. The largest absolute Gasteiger partial charge is 0.330 e. The maximum atomic E-state index is 5.93. The van der Waals surface area contributed by atoms with Gasteiger partial charge in [-0.1, -0.05) is 46.3 Å². The van der Waals surface area contributed by atoms with Crippen molar-refractivity contribution in [2.45, 2.75) is 12.3 Å². The van der Waals surface area contributed by atoms with Crippen molar-refractivity contribution in [3.63, 3.8) is 0 Å². The van der Waals surface area contributed by atoms with Crippen LogP contribution >= 0.6 is 38.5 Å². The van der Waals surface area contributed by atoms with Crippen LogP contribution in [0, 0.1) is 3.57 Å². The van der Waals surface area contributed by atoms with Gasteiger partial charge in [0, 0.05) is 14.0 Å². The highest BCUT2D eigenvalue weighted by atomic mass is 127. The van der Waals surface area contributed by atoms with Crippen LogP contribution in [0.25, 0.3) is 0 Å². The molecule has 0 amide bonds. The number of hydrogen-bond acceptors (Lipinski definition) is 1. The summed E-state index contributed by atoms with van der Waals surface area (Å²) in [7, 11) is 0. The zero-order chi connectivity index (χ0) is 13.0. The summed E-state index contributed by atoms with van der Waals surface area (Å²) in [6.45, 7) is 0.661. The van der Waals surface area contributed by atoms with Crippen molar-refractivity contribution < 1.29 is 0 Å². The van der Waals surface area contributed by atoms with Crippen molar-refractivity contribution in [2.75, 3.05) is 6.54 Å². The van der Waals surface area contributed by atoms with E-state index in [-0.39, 0.29) is 0 Å². The Hall–Kier alpha value is -0.390. The Labute approximate surface area is 130 Å². The van der Waals surface area contributed by atoms with Gasteiger partial charge in [-0.3, -0.25) is 0 Å². The van der Waals surface area contributed by atoms with Crippen molar-refractivity contribution in [3.8, 4) is 0 Å². The van der Waals surface area contributed by atoms with Crippen LogP contribution in [0.2, 0.25) is 0 Å². The standard InChI is InChI=1S/C15H15BrIN/c16-15-4-2-1-3-14(15)12(10-18)9-11-5-7-13(17)8-6-11/h1-8,12H,9-10,18H2. The molecule has 0 aliphatic heterocycles. The lowest BCUT2D eigenvalue weighted by Gasteiger charge is -2.17. The summed E-state index contributed by atoms with van der Waals surface area (Å²) in [5, 5.41) is 0. The van der Waals surface area contributed by atoms with Gasteiger partial charge in [-0.2, -0.15) is 0 Å². The van der Waals surface area contributed by atoms with Crippen LogP contribution in [0.3, 0.4) is 0 Å². The van der Waals surface area contributed by atoms with E-state index in [0.717, 1.165) is 10.9 Å². The van der Waals surface area contributed by atoms with Crippen molar-refractivity contribution in [3.05, 3.63) is 67.7 Å². The molecule has 0 spiro atoms. The van der Waals surface area contributed by atoms with E-state index in [2.05, 4.69) is 81.0 Å². The van der Waals surface area contributed by atoms with Crippen LogP contribution in [0.5, 0.6) is 0 Å². The Kier molecular flexibility index (Phi) is 5.21. The minimum Gasteiger partial charge on any atom is -0.330 e. The summed E-state index contributed by atoms with van der Waals surface area (Å²) in [5.41, 5.74) is 8.55. The van der Waals surface area contributed by atoms with Crippen LogP contribution in [0.4, 0.5) is 0 Å². The third-order valence-electron chi connectivity index (χ3n) is 3.02. The van der Waals surface area contributed by atoms with Gasteiger partial charge >= 0.3 is 0 Å². The van der Waals surface area contributed by atoms with Gasteiger partial charge in [0.05, 0.1) is 0 Å². The van der Waals surface area contributed by atoms with Crippen LogP contribution in [-0.4, -0.2) is 6.54 Å². The summed E-state index contributed by atoms with van der Waals surface area (Å²) in [5.74, 6) is 0.362. The lowest BCUT2D eigenvalue weighted by molar-refractivity contribution is 0.691. The normalized spacial score (nSPS) is 12.4. The molecule has 2 aromatic rings. The minimum absolute atomic E-state index is 0.362. The van der Waals surface area contributed by atoms with E-state index >= 15 is 0 Å². The van der Waals surface area contributed by atoms with Gasteiger partial charge in [0.1, 0.15) is 0 Å². The SMILES string of the molecule is NCC(Cc1ccc(I)cc1)c1ccccc1Br. The van der Waals surface area contributed by atoms with E-state index in [1.165, 1.54) is 14.7 Å². The molecule has 2 rings (SSSR count). The molecule has 1 nitrogen and oxygen atoms in total. The Morgan fingerprint density at radius 3 is 2.33 bits per heavy atom. The Bertz CT molecular complexity index is 510. The first-order valence-corrected chi connectivity index (χ1v) is 7.77. The van der Waals surface area contributed by atoms with Crippen LogP contribution in [-0.2, 0) is 6.42 Å². The first-order chi connectivity index (χ1) is 8.70. The molecule has 0 aliphatic rings. The third-order valence-corrected chi connectivity index (χ3v) is 4.47. The lowest BCUT2D eigenvalue weighted by atomic mass is 9.92. The molecule has 1 unspecified atom stereocenters.